The molecule has 1 aromatic rings. The fourth-order valence-corrected chi connectivity index (χ4v) is 2.74. The molecule has 2 rings (SSSR count). The first kappa shape index (κ1) is 17.6. The van der Waals surface area contributed by atoms with Gasteiger partial charge in [0, 0.05) is 20.0 Å². The third kappa shape index (κ3) is 3.43. The number of nitrogens with zero attached hydrogens (tertiary/aromatic N) is 1. The number of nitrogens with one attached hydrogen (secondary N) is 1. The summed E-state index contributed by atoms with van der Waals surface area (Å²) in [6.45, 7) is 1.63. The van der Waals surface area contributed by atoms with Gasteiger partial charge in [0.2, 0.25) is 11.8 Å². The topological polar surface area (TPSA) is 86.7 Å². The van der Waals surface area contributed by atoms with E-state index in [1.54, 1.807) is 7.05 Å². The van der Waals surface area contributed by atoms with Crippen LogP contribution < -0.4 is 5.32 Å². The maximum absolute atomic E-state index is 12.4. The molecule has 0 aliphatic carbocycles. The number of carbonyl (C=O) groups excluding carboxylic acids is 2. The molecule has 1 heterocycles. The van der Waals surface area contributed by atoms with Gasteiger partial charge >= 0.3 is 5.97 Å². The zero-order valence-corrected chi connectivity index (χ0v) is 14.1. The Bertz CT molecular complexity index is 679. The van der Waals surface area contributed by atoms with Crippen LogP contribution in [0.3, 0.4) is 0 Å². The van der Waals surface area contributed by atoms with Crippen LogP contribution in [0.2, 0.25) is 10.0 Å². The largest absolute Gasteiger partial charge is 0.479 e. The molecule has 1 aromatic carbocycles. The number of aliphatic carboxylic acids is 1. The summed E-state index contributed by atoms with van der Waals surface area (Å²) >= 11 is 11.8. The molecule has 0 saturated carbocycles. The van der Waals surface area contributed by atoms with Gasteiger partial charge in [-0.3, -0.25) is 9.59 Å². The van der Waals surface area contributed by atoms with Crippen molar-refractivity contribution < 1.29 is 19.5 Å². The predicted octanol–water partition coefficient (Wildman–Crippen LogP) is 1.89. The van der Waals surface area contributed by atoms with Gasteiger partial charge in [-0.25, -0.2) is 4.79 Å². The molecule has 2 amide bonds. The number of carboxylic acid groups (broad SMARTS) is 1. The lowest BCUT2D eigenvalue weighted by Crippen LogP contribution is -2.51. The predicted molar refractivity (Wildman–Crippen MR) is 85.3 cm³/mol. The van der Waals surface area contributed by atoms with Crippen molar-refractivity contribution in [3.05, 3.63) is 33.8 Å². The summed E-state index contributed by atoms with van der Waals surface area (Å²) in [7, 11) is 1.60. The molecule has 0 spiro atoms. The molecule has 0 aromatic heterocycles. The van der Waals surface area contributed by atoms with Crippen LogP contribution in [0.15, 0.2) is 18.2 Å². The average molecular weight is 359 g/mol. The number of halogens is 2. The zero-order chi connectivity index (χ0) is 17.4. The van der Waals surface area contributed by atoms with Gasteiger partial charge in [0.1, 0.15) is 0 Å². The zero-order valence-electron chi connectivity index (χ0n) is 12.6. The second-order valence-electron chi connectivity index (χ2n) is 5.72. The second-order valence-corrected chi connectivity index (χ2v) is 6.54. The first-order chi connectivity index (χ1) is 10.6. The van der Waals surface area contributed by atoms with Gasteiger partial charge in [-0.15, -0.1) is 0 Å². The van der Waals surface area contributed by atoms with E-state index >= 15 is 0 Å². The normalized spacial score (nSPS) is 20.3. The number of benzene rings is 1. The molecule has 1 fully saturated rings. The van der Waals surface area contributed by atoms with E-state index < -0.39 is 23.3 Å². The minimum atomic E-state index is -1.67. The van der Waals surface area contributed by atoms with Gasteiger partial charge in [0.15, 0.2) is 5.54 Å². The van der Waals surface area contributed by atoms with Gasteiger partial charge in [-0.2, -0.15) is 0 Å². The van der Waals surface area contributed by atoms with Crippen molar-refractivity contribution in [3.63, 3.8) is 0 Å². The minimum Gasteiger partial charge on any atom is -0.479 e. The van der Waals surface area contributed by atoms with E-state index in [4.69, 9.17) is 23.2 Å². The van der Waals surface area contributed by atoms with Crippen LogP contribution in [0.4, 0.5) is 0 Å². The minimum absolute atomic E-state index is 0.0689. The number of hydrogen-bond donors (Lipinski definition) is 2. The van der Waals surface area contributed by atoms with Crippen molar-refractivity contribution in [2.45, 2.75) is 18.9 Å². The van der Waals surface area contributed by atoms with Crippen molar-refractivity contribution in [1.82, 2.24) is 10.2 Å². The summed E-state index contributed by atoms with van der Waals surface area (Å²) in [6, 6.07) is 4.37. The van der Waals surface area contributed by atoms with Crippen molar-refractivity contribution in [1.29, 1.82) is 0 Å². The van der Waals surface area contributed by atoms with Gasteiger partial charge in [-0.1, -0.05) is 29.3 Å². The van der Waals surface area contributed by atoms with Gasteiger partial charge in [-0.05, 0) is 24.6 Å². The van der Waals surface area contributed by atoms with Crippen molar-refractivity contribution in [3.8, 4) is 0 Å². The number of rotatable bonds is 4. The Morgan fingerprint density at radius 1 is 1.35 bits per heavy atom. The van der Waals surface area contributed by atoms with Crippen molar-refractivity contribution >= 4 is 41.0 Å². The van der Waals surface area contributed by atoms with E-state index in [0.717, 1.165) is 0 Å². The summed E-state index contributed by atoms with van der Waals surface area (Å²) in [5, 5.41) is 12.6. The van der Waals surface area contributed by atoms with Crippen LogP contribution in [0.5, 0.6) is 0 Å². The fourth-order valence-electron chi connectivity index (χ4n) is 2.44. The van der Waals surface area contributed by atoms with E-state index in [-0.39, 0.29) is 28.9 Å². The lowest BCUT2D eigenvalue weighted by molar-refractivity contribution is -0.148. The lowest BCUT2D eigenvalue weighted by atomic mass is 9.91. The van der Waals surface area contributed by atoms with Crippen LogP contribution in [0.25, 0.3) is 0 Å². The Labute approximate surface area is 143 Å². The molecule has 8 heteroatoms. The van der Waals surface area contributed by atoms with Crippen molar-refractivity contribution in [2.24, 2.45) is 5.92 Å². The Morgan fingerprint density at radius 3 is 2.48 bits per heavy atom. The van der Waals surface area contributed by atoms with Gasteiger partial charge < -0.3 is 15.3 Å². The molecule has 1 aliphatic rings. The third-order valence-electron chi connectivity index (χ3n) is 4.01. The number of hydrogen-bond acceptors (Lipinski definition) is 3. The first-order valence-corrected chi connectivity index (χ1v) is 7.65. The standard InChI is InChI=1S/C15H16Cl2N2O4/c1-15(14(22)23,9-3-4-10(16)11(17)6-9)18-13(21)8-5-12(20)19(2)7-8/h3-4,6,8H,5,7H2,1-2H3,(H,18,21)(H,22,23). The molecule has 23 heavy (non-hydrogen) atoms. The summed E-state index contributed by atoms with van der Waals surface area (Å²) in [6.07, 6.45) is 0.0689. The molecule has 1 aliphatic heterocycles. The quantitative estimate of drug-likeness (QED) is 0.860. The van der Waals surface area contributed by atoms with E-state index in [1.165, 1.54) is 30.0 Å². The number of amides is 2. The first-order valence-electron chi connectivity index (χ1n) is 6.90. The maximum Gasteiger partial charge on any atom is 0.333 e. The molecular formula is C15H16Cl2N2O4. The Morgan fingerprint density at radius 2 is 2.00 bits per heavy atom. The summed E-state index contributed by atoms with van der Waals surface area (Å²) < 4.78 is 0. The van der Waals surface area contributed by atoms with Crippen LogP contribution in [-0.4, -0.2) is 41.4 Å². The highest BCUT2D eigenvalue weighted by Gasteiger charge is 2.41. The van der Waals surface area contributed by atoms with E-state index in [1.807, 2.05) is 0 Å². The molecule has 2 atom stereocenters. The Balaban J connectivity index is 2.27. The molecule has 0 bridgehead atoms. The van der Waals surface area contributed by atoms with E-state index in [0.29, 0.717) is 5.56 Å². The molecule has 2 unspecified atom stereocenters. The van der Waals surface area contributed by atoms with E-state index in [9.17, 15) is 19.5 Å². The van der Waals surface area contributed by atoms with Crippen LogP contribution in [-0.2, 0) is 19.9 Å². The van der Waals surface area contributed by atoms with Crippen LogP contribution >= 0.6 is 23.2 Å². The highest BCUT2D eigenvalue weighted by atomic mass is 35.5. The highest BCUT2D eigenvalue weighted by Crippen LogP contribution is 2.30. The maximum atomic E-state index is 12.4. The van der Waals surface area contributed by atoms with Crippen LogP contribution in [0, 0.1) is 5.92 Å². The highest BCUT2D eigenvalue weighted by molar-refractivity contribution is 6.42. The Hall–Kier alpha value is -1.79. The van der Waals surface area contributed by atoms with Gasteiger partial charge in [0.05, 0.1) is 16.0 Å². The molecule has 2 N–H and O–H groups in total. The summed E-state index contributed by atoms with van der Waals surface area (Å²) in [4.78, 5) is 37.1. The number of carboxylic acids is 1. The molecular weight excluding hydrogens is 343 g/mol. The second kappa shape index (κ2) is 6.37. The monoisotopic (exact) mass is 358 g/mol. The Kier molecular flexibility index (Phi) is 4.87. The molecule has 6 nitrogen and oxygen atoms in total. The fraction of sp³-hybridized carbons (Fsp3) is 0.400. The molecule has 0 radical (unpaired) electrons. The molecule has 124 valence electrons. The lowest BCUT2D eigenvalue weighted by Gasteiger charge is -2.28. The summed E-state index contributed by atoms with van der Waals surface area (Å²) in [5.74, 6) is -2.44. The van der Waals surface area contributed by atoms with Crippen LogP contribution in [0.1, 0.15) is 18.9 Å². The smallest absolute Gasteiger partial charge is 0.333 e. The molecule has 1 saturated heterocycles. The van der Waals surface area contributed by atoms with Gasteiger partial charge in [0.25, 0.3) is 0 Å². The van der Waals surface area contributed by atoms with Crippen molar-refractivity contribution in [2.75, 3.05) is 13.6 Å². The SMILES string of the molecule is CN1CC(C(=O)NC(C)(C(=O)O)c2ccc(Cl)c(Cl)c2)CC1=O. The number of likely N-dealkylation sites (tertiary alicyclic amines) is 1. The number of carbonyl (C=O) groups is 3. The van der Waals surface area contributed by atoms with E-state index in [2.05, 4.69) is 5.32 Å². The average Bonchev–Trinajstić information content (AvgIpc) is 2.81. The third-order valence-corrected chi connectivity index (χ3v) is 4.75. The summed E-state index contributed by atoms with van der Waals surface area (Å²) in [5.41, 5.74) is -1.37.